The van der Waals surface area contributed by atoms with Crippen LogP contribution in [0.4, 0.5) is 0 Å². The molecule has 0 aliphatic rings. The van der Waals surface area contributed by atoms with Gasteiger partial charge in [0.1, 0.15) is 0 Å². The fraction of sp³-hybridized carbons (Fsp3) is 0.750. The number of carbonyl (C=O) groups excluding carboxylic acids is 1. The number of hydrogen-bond acceptors (Lipinski definition) is 3. The average molecular weight is 188 g/mol. The summed E-state index contributed by atoms with van der Waals surface area (Å²) < 4.78 is 0. The van der Waals surface area contributed by atoms with Crippen molar-refractivity contribution >= 4 is 11.9 Å². The van der Waals surface area contributed by atoms with Crippen LogP contribution >= 0.6 is 0 Å². The summed E-state index contributed by atoms with van der Waals surface area (Å²) in [5.41, 5.74) is 4.33. The van der Waals surface area contributed by atoms with Crippen molar-refractivity contribution in [2.45, 2.75) is 26.8 Å². The van der Waals surface area contributed by atoms with Crippen LogP contribution in [0.15, 0.2) is 0 Å². The van der Waals surface area contributed by atoms with Gasteiger partial charge >= 0.3 is 5.97 Å². The van der Waals surface area contributed by atoms with Crippen LogP contribution < -0.4 is 11.1 Å². The van der Waals surface area contributed by atoms with Gasteiger partial charge < -0.3 is 16.2 Å². The summed E-state index contributed by atoms with van der Waals surface area (Å²) >= 11 is 0. The molecule has 13 heavy (non-hydrogen) atoms. The molecule has 0 radical (unpaired) electrons. The Kier molecular flexibility index (Phi) is 3.87. The third-order valence-electron chi connectivity index (χ3n) is 1.70. The molecular weight excluding hydrogens is 172 g/mol. The Morgan fingerprint density at radius 2 is 2.00 bits per heavy atom. The predicted molar refractivity (Wildman–Crippen MR) is 48.1 cm³/mol. The third-order valence-corrected chi connectivity index (χ3v) is 1.70. The molecule has 0 spiro atoms. The molecule has 0 aromatic heterocycles. The van der Waals surface area contributed by atoms with Crippen molar-refractivity contribution in [1.82, 2.24) is 5.32 Å². The Labute approximate surface area is 77.3 Å². The quantitative estimate of drug-likeness (QED) is 0.557. The molecule has 5 heteroatoms. The van der Waals surface area contributed by atoms with Crippen LogP contribution in [0.3, 0.4) is 0 Å². The first kappa shape index (κ1) is 11.9. The maximum absolute atomic E-state index is 11.0. The SMILES string of the molecule is C[C@@H](N)C(=O)NCC(C)(C)C(=O)O. The van der Waals surface area contributed by atoms with Gasteiger partial charge in [-0.3, -0.25) is 9.59 Å². The van der Waals surface area contributed by atoms with Crippen molar-refractivity contribution in [2.24, 2.45) is 11.1 Å². The molecule has 0 fully saturated rings. The van der Waals surface area contributed by atoms with E-state index < -0.39 is 17.4 Å². The average Bonchev–Trinajstić information content (AvgIpc) is 1.99. The molecule has 0 rings (SSSR count). The van der Waals surface area contributed by atoms with Crippen molar-refractivity contribution in [3.63, 3.8) is 0 Å². The van der Waals surface area contributed by atoms with E-state index in [2.05, 4.69) is 5.32 Å². The van der Waals surface area contributed by atoms with Crippen molar-refractivity contribution in [3.05, 3.63) is 0 Å². The highest BCUT2D eigenvalue weighted by Crippen LogP contribution is 2.12. The lowest BCUT2D eigenvalue weighted by atomic mass is 9.94. The van der Waals surface area contributed by atoms with Crippen molar-refractivity contribution < 1.29 is 14.7 Å². The first-order chi connectivity index (χ1) is 5.77. The van der Waals surface area contributed by atoms with Crippen molar-refractivity contribution in [1.29, 1.82) is 0 Å². The molecule has 0 saturated carbocycles. The molecule has 0 unspecified atom stereocenters. The Balaban J connectivity index is 4.03. The van der Waals surface area contributed by atoms with E-state index in [1.807, 2.05) is 0 Å². The maximum atomic E-state index is 11.0. The molecule has 5 nitrogen and oxygen atoms in total. The minimum absolute atomic E-state index is 0.0860. The number of nitrogens with one attached hydrogen (secondary N) is 1. The Morgan fingerprint density at radius 3 is 2.31 bits per heavy atom. The predicted octanol–water partition coefficient (Wildman–Crippen LogP) is -0.439. The van der Waals surface area contributed by atoms with Crippen molar-refractivity contribution in [3.8, 4) is 0 Å². The van der Waals surface area contributed by atoms with E-state index in [-0.39, 0.29) is 12.5 Å². The minimum atomic E-state index is -0.954. The fourth-order valence-electron chi connectivity index (χ4n) is 0.545. The van der Waals surface area contributed by atoms with Gasteiger partial charge in [-0.05, 0) is 20.8 Å². The number of carbonyl (C=O) groups is 2. The topological polar surface area (TPSA) is 92.4 Å². The van der Waals surface area contributed by atoms with E-state index in [4.69, 9.17) is 10.8 Å². The summed E-state index contributed by atoms with van der Waals surface area (Å²) in [6.45, 7) is 4.71. The Hall–Kier alpha value is -1.10. The normalized spacial score (nSPS) is 13.5. The zero-order valence-corrected chi connectivity index (χ0v) is 8.13. The minimum Gasteiger partial charge on any atom is -0.481 e. The first-order valence-electron chi connectivity index (χ1n) is 4.04. The van der Waals surface area contributed by atoms with Gasteiger partial charge in [0.05, 0.1) is 11.5 Å². The molecule has 0 saturated heterocycles. The Bertz CT molecular complexity index is 211. The van der Waals surface area contributed by atoms with Gasteiger partial charge in [-0.25, -0.2) is 0 Å². The number of hydrogen-bond donors (Lipinski definition) is 3. The maximum Gasteiger partial charge on any atom is 0.310 e. The second kappa shape index (κ2) is 4.23. The number of amides is 1. The molecule has 0 aliphatic carbocycles. The van der Waals surface area contributed by atoms with E-state index in [0.717, 1.165) is 0 Å². The number of rotatable bonds is 4. The van der Waals surface area contributed by atoms with Gasteiger partial charge in [0.25, 0.3) is 0 Å². The summed E-state index contributed by atoms with van der Waals surface area (Å²) in [7, 11) is 0. The summed E-state index contributed by atoms with van der Waals surface area (Å²) in [6.07, 6.45) is 0. The summed E-state index contributed by atoms with van der Waals surface area (Å²) in [5.74, 6) is -1.29. The second-order valence-corrected chi connectivity index (χ2v) is 3.70. The number of aliphatic carboxylic acids is 1. The molecule has 76 valence electrons. The molecule has 1 amide bonds. The second-order valence-electron chi connectivity index (χ2n) is 3.70. The van der Waals surface area contributed by atoms with Gasteiger partial charge in [-0.15, -0.1) is 0 Å². The van der Waals surface area contributed by atoms with Crippen LogP contribution in [0.1, 0.15) is 20.8 Å². The smallest absolute Gasteiger partial charge is 0.310 e. The van der Waals surface area contributed by atoms with Gasteiger partial charge in [-0.1, -0.05) is 0 Å². The lowest BCUT2D eigenvalue weighted by Gasteiger charge is -2.20. The first-order valence-corrected chi connectivity index (χ1v) is 4.04. The molecule has 1 atom stereocenters. The molecule has 0 aromatic rings. The fourth-order valence-corrected chi connectivity index (χ4v) is 0.545. The zero-order valence-electron chi connectivity index (χ0n) is 8.13. The van der Waals surface area contributed by atoms with Crippen molar-refractivity contribution in [2.75, 3.05) is 6.54 Å². The van der Waals surface area contributed by atoms with Crippen LogP contribution in [-0.4, -0.2) is 29.6 Å². The molecule has 0 aromatic carbocycles. The lowest BCUT2D eigenvalue weighted by Crippen LogP contribution is -2.44. The zero-order chi connectivity index (χ0) is 10.6. The Morgan fingerprint density at radius 1 is 1.54 bits per heavy atom. The standard InChI is InChI=1S/C8H16N2O3/c1-5(9)6(11)10-4-8(2,3)7(12)13/h5H,4,9H2,1-3H3,(H,10,11)(H,12,13)/t5-/m1/s1. The van der Waals surface area contributed by atoms with E-state index in [1.54, 1.807) is 6.92 Å². The van der Waals surface area contributed by atoms with Gasteiger partial charge in [-0.2, -0.15) is 0 Å². The largest absolute Gasteiger partial charge is 0.481 e. The van der Waals surface area contributed by atoms with Crippen LogP contribution in [0.5, 0.6) is 0 Å². The number of carboxylic acid groups (broad SMARTS) is 1. The third kappa shape index (κ3) is 3.89. The summed E-state index contributed by atoms with van der Waals surface area (Å²) in [4.78, 5) is 21.6. The van der Waals surface area contributed by atoms with Gasteiger partial charge in [0.15, 0.2) is 0 Å². The molecule has 0 aliphatic heterocycles. The van der Waals surface area contributed by atoms with Crippen LogP contribution in [-0.2, 0) is 9.59 Å². The number of carboxylic acids is 1. The van der Waals surface area contributed by atoms with Crippen LogP contribution in [0.2, 0.25) is 0 Å². The number of nitrogens with two attached hydrogens (primary N) is 1. The monoisotopic (exact) mass is 188 g/mol. The highest BCUT2D eigenvalue weighted by atomic mass is 16.4. The van der Waals surface area contributed by atoms with Crippen LogP contribution in [0.25, 0.3) is 0 Å². The van der Waals surface area contributed by atoms with Gasteiger partial charge in [0, 0.05) is 6.54 Å². The highest BCUT2D eigenvalue weighted by molar-refractivity contribution is 5.82. The highest BCUT2D eigenvalue weighted by Gasteiger charge is 2.27. The van der Waals surface area contributed by atoms with E-state index in [1.165, 1.54) is 13.8 Å². The van der Waals surface area contributed by atoms with E-state index in [9.17, 15) is 9.59 Å². The van der Waals surface area contributed by atoms with Gasteiger partial charge in [0.2, 0.25) is 5.91 Å². The lowest BCUT2D eigenvalue weighted by molar-refractivity contribution is -0.146. The summed E-state index contributed by atoms with van der Waals surface area (Å²) in [6, 6.07) is -0.607. The molecule has 0 bridgehead atoms. The summed E-state index contributed by atoms with van der Waals surface area (Å²) in [5, 5.41) is 11.2. The van der Waals surface area contributed by atoms with E-state index >= 15 is 0 Å². The molecule has 0 heterocycles. The van der Waals surface area contributed by atoms with E-state index in [0.29, 0.717) is 0 Å². The molecule has 4 N–H and O–H groups in total. The molecular formula is C8H16N2O3. The van der Waals surface area contributed by atoms with Crippen LogP contribution in [0, 0.1) is 5.41 Å².